The molecular formula is C24H26N2O3S. The Morgan fingerprint density at radius 1 is 0.967 bits per heavy atom. The van der Waals surface area contributed by atoms with Gasteiger partial charge in [0.25, 0.3) is 15.9 Å². The number of benzene rings is 3. The lowest BCUT2D eigenvalue weighted by Gasteiger charge is -2.20. The number of sulfonamides is 1. The highest BCUT2D eigenvalue weighted by molar-refractivity contribution is 7.92. The van der Waals surface area contributed by atoms with Gasteiger partial charge in [-0.05, 0) is 54.8 Å². The van der Waals surface area contributed by atoms with Gasteiger partial charge in [0.1, 0.15) is 0 Å². The van der Waals surface area contributed by atoms with E-state index in [2.05, 4.69) is 24.4 Å². The molecule has 0 radical (unpaired) electrons. The third-order valence-electron chi connectivity index (χ3n) is 5.11. The summed E-state index contributed by atoms with van der Waals surface area (Å²) in [5, 5.41) is 2.98. The van der Waals surface area contributed by atoms with Crippen LogP contribution >= 0.6 is 0 Å². The zero-order valence-electron chi connectivity index (χ0n) is 17.4. The minimum atomic E-state index is -3.71. The summed E-state index contributed by atoms with van der Waals surface area (Å²) >= 11 is 0. The number of hydrogen-bond acceptors (Lipinski definition) is 3. The minimum absolute atomic E-state index is 0.169. The average molecular weight is 423 g/mol. The second-order valence-electron chi connectivity index (χ2n) is 7.13. The number of carbonyl (C=O) groups is 1. The van der Waals surface area contributed by atoms with Crippen LogP contribution in [0.2, 0.25) is 0 Å². The topological polar surface area (TPSA) is 66.5 Å². The molecule has 0 spiro atoms. The first-order valence-corrected chi connectivity index (χ1v) is 11.3. The number of hydrogen-bond donors (Lipinski definition) is 1. The summed E-state index contributed by atoms with van der Waals surface area (Å²) in [7, 11) is -2.22. The van der Waals surface area contributed by atoms with Crippen LogP contribution in [-0.2, 0) is 16.4 Å². The molecule has 0 aliphatic carbocycles. The van der Waals surface area contributed by atoms with Gasteiger partial charge in [-0.1, -0.05) is 55.5 Å². The Bertz CT molecular complexity index is 1110. The normalized spacial score (nSPS) is 12.2. The Kier molecular flexibility index (Phi) is 6.57. The lowest BCUT2D eigenvalue weighted by molar-refractivity contribution is 0.0940. The molecule has 0 aliphatic rings. The van der Waals surface area contributed by atoms with Crippen molar-refractivity contribution >= 4 is 21.6 Å². The molecule has 0 bridgehead atoms. The number of carbonyl (C=O) groups excluding carboxylic acids is 1. The van der Waals surface area contributed by atoms with Gasteiger partial charge in [-0.25, -0.2) is 8.42 Å². The Balaban J connectivity index is 1.78. The van der Waals surface area contributed by atoms with E-state index in [9.17, 15) is 13.2 Å². The summed E-state index contributed by atoms with van der Waals surface area (Å²) in [6, 6.07) is 22.8. The second-order valence-corrected chi connectivity index (χ2v) is 9.10. The first-order valence-electron chi connectivity index (χ1n) is 9.86. The van der Waals surface area contributed by atoms with E-state index < -0.39 is 10.0 Å². The van der Waals surface area contributed by atoms with Crippen LogP contribution < -0.4 is 9.62 Å². The van der Waals surface area contributed by atoms with Crippen LogP contribution in [0.15, 0.2) is 83.8 Å². The van der Waals surface area contributed by atoms with Crippen molar-refractivity contribution in [2.45, 2.75) is 31.2 Å². The number of anilines is 1. The van der Waals surface area contributed by atoms with E-state index >= 15 is 0 Å². The van der Waals surface area contributed by atoms with E-state index in [-0.39, 0.29) is 16.8 Å². The first-order chi connectivity index (χ1) is 14.3. The third kappa shape index (κ3) is 4.71. The summed E-state index contributed by atoms with van der Waals surface area (Å²) in [5.74, 6) is -0.255. The van der Waals surface area contributed by atoms with Gasteiger partial charge in [-0.15, -0.1) is 0 Å². The highest BCUT2D eigenvalue weighted by atomic mass is 32.2. The van der Waals surface area contributed by atoms with Crippen molar-refractivity contribution in [2.24, 2.45) is 0 Å². The van der Waals surface area contributed by atoms with Crippen LogP contribution in [0, 0.1) is 0 Å². The van der Waals surface area contributed by atoms with Crippen LogP contribution in [-0.4, -0.2) is 21.4 Å². The van der Waals surface area contributed by atoms with Crippen LogP contribution in [0.3, 0.4) is 0 Å². The number of rotatable bonds is 7. The van der Waals surface area contributed by atoms with Gasteiger partial charge in [0, 0.05) is 12.6 Å². The smallest absolute Gasteiger partial charge is 0.264 e. The molecule has 3 aromatic rings. The molecule has 0 fully saturated rings. The van der Waals surface area contributed by atoms with Crippen molar-refractivity contribution in [1.29, 1.82) is 0 Å². The fraction of sp³-hybridized carbons (Fsp3) is 0.208. The van der Waals surface area contributed by atoms with Crippen molar-refractivity contribution in [2.75, 3.05) is 11.4 Å². The van der Waals surface area contributed by atoms with Crippen LogP contribution in [0.5, 0.6) is 0 Å². The number of nitrogens with zero attached hydrogens (tertiary/aromatic N) is 1. The predicted octanol–water partition coefficient (Wildman–Crippen LogP) is 4.57. The molecule has 0 aliphatic heterocycles. The molecular weight excluding hydrogens is 396 g/mol. The van der Waals surface area contributed by atoms with E-state index in [0.717, 1.165) is 12.0 Å². The third-order valence-corrected chi connectivity index (χ3v) is 6.91. The first kappa shape index (κ1) is 21.6. The molecule has 156 valence electrons. The molecule has 3 aromatic carbocycles. The van der Waals surface area contributed by atoms with Crippen molar-refractivity contribution < 1.29 is 13.2 Å². The Morgan fingerprint density at radius 3 is 2.27 bits per heavy atom. The molecule has 0 aromatic heterocycles. The molecule has 1 N–H and O–H groups in total. The molecule has 3 rings (SSSR count). The number of aryl methyl sites for hydroxylation is 1. The predicted molar refractivity (Wildman–Crippen MR) is 120 cm³/mol. The lowest BCUT2D eigenvalue weighted by Crippen LogP contribution is -2.28. The molecule has 6 heteroatoms. The van der Waals surface area contributed by atoms with Crippen molar-refractivity contribution in [3.05, 3.63) is 95.6 Å². The Hall–Kier alpha value is -3.12. The maximum absolute atomic E-state index is 12.9. The maximum atomic E-state index is 12.9. The summed E-state index contributed by atoms with van der Waals surface area (Å²) in [6.07, 6.45) is 0.965. The van der Waals surface area contributed by atoms with E-state index in [1.54, 1.807) is 54.6 Å². The highest BCUT2D eigenvalue weighted by Gasteiger charge is 2.22. The zero-order valence-corrected chi connectivity index (χ0v) is 18.2. The minimum Gasteiger partial charge on any atom is -0.346 e. The van der Waals surface area contributed by atoms with Gasteiger partial charge >= 0.3 is 0 Å². The summed E-state index contributed by atoms with van der Waals surface area (Å²) in [5.41, 5.74) is 3.08. The van der Waals surface area contributed by atoms with Gasteiger partial charge in [0.15, 0.2) is 0 Å². The zero-order chi connectivity index (χ0) is 21.7. The molecule has 30 heavy (non-hydrogen) atoms. The van der Waals surface area contributed by atoms with E-state index in [1.807, 2.05) is 19.1 Å². The van der Waals surface area contributed by atoms with Crippen molar-refractivity contribution in [3.8, 4) is 0 Å². The maximum Gasteiger partial charge on any atom is 0.264 e. The van der Waals surface area contributed by atoms with Crippen LogP contribution in [0.1, 0.15) is 41.4 Å². The molecule has 1 unspecified atom stereocenters. The second kappa shape index (κ2) is 9.13. The molecule has 0 saturated heterocycles. The summed E-state index contributed by atoms with van der Waals surface area (Å²) < 4.78 is 26.9. The fourth-order valence-electron chi connectivity index (χ4n) is 3.14. The van der Waals surface area contributed by atoms with Gasteiger partial charge in [-0.3, -0.25) is 9.10 Å². The fourth-order valence-corrected chi connectivity index (χ4v) is 4.35. The lowest BCUT2D eigenvalue weighted by atomic mass is 10.0. The van der Waals surface area contributed by atoms with Gasteiger partial charge in [0.05, 0.1) is 16.6 Å². The largest absolute Gasteiger partial charge is 0.346 e. The Labute approximate surface area is 178 Å². The number of nitrogens with one attached hydrogen (secondary N) is 1. The summed E-state index contributed by atoms with van der Waals surface area (Å²) in [6.45, 7) is 4.02. The van der Waals surface area contributed by atoms with Crippen LogP contribution in [0.4, 0.5) is 5.69 Å². The molecule has 0 saturated carbocycles. The van der Waals surface area contributed by atoms with Gasteiger partial charge < -0.3 is 5.32 Å². The summed E-state index contributed by atoms with van der Waals surface area (Å²) in [4.78, 5) is 13.0. The van der Waals surface area contributed by atoms with Gasteiger partial charge in [-0.2, -0.15) is 0 Å². The van der Waals surface area contributed by atoms with E-state index in [4.69, 9.17) is 0 Å². The van der Waals surface area contributed by atoms with E-state index in [0.29, 0.717) is 11.3 Å². The average Bonchev–Trinajstić information content (AvgIpc) is 2.79. The van der Waals surface area contributed by atoms with E-state index in [1.165, 1.54) is 16.9 Å². The van der Waals surface area contributed by atoms with Crippen LogP contribution in [0.25, 0.3) is 0 Å². The van der Waals surface area contributed by atoms with Crippen molar-refractivity contribution in [1.82, 2.24) is 5.32 Å². The monoisotopic (exact) mass is 422 g/mol. The quantitative estimate of drug-likeness (QED) is 0.607. The molecule has 5 nitrogen and oxygen atoms in total. The van der Waals surface area contributed by atoms with Gasteiger partial charge in [0.2, 0.25) is 0 Å². The molecule has 1 atom stereocenters. The Morgan fingerprint density at radius 2 is 1.63 bits per heavy atom. The highest BCUT2D eigenvalue weighted by Crippen LogP contribution is 2.23. The molecule has 1 amide bonds. The number of amides is 1. The standard InChI is InChI=1S/C24H26N2O3S/c1-4-19-13-15-20(16-14-19)18(2)25-24(27)21-9-8-10-22(17-21)26(3)30(28,29)23-11-6-5-7-12-23/h5-18H,4H2,1-3H3,(H,25,27). The molecule has 0 heterocycles. The van der Waals surface area contributed by atoms with Crippen molar-refractivity contribution in [3.63, 3.8) is 0 Å². The SMILES string of the molecule is CCc1ccc(C(C)NC(=O)c2cccc(N(C)S(=O)(=O)c3ccccc3)c2)cc1.